The van der Waals surface area contributed by atoms with Crippen molar-refractivity contribution in [3.05, 3.63) is 12.3 Å². The van der Waals surface area contributed by atoms with Gasteiger partial charge in [0, 0.05) is 5.92 Å². The maximum atomic E-state index is 9.43. The van der Waals surface area contributed by atoms with Gasteiger partial charge in [0.25, 0.3) is 0 Å². The van der Waals surface area contributed by atoms with E-state index in [2.05, 4.69) is 45.3 Å². The van der Waals surface area contributed by atoms with E-state index in [0.717, 1.165) is 38.1 Å². The Balaban J connectivity index is 3.46. The molecule has 0 rings (SSSR count). The summed E-state index contributed by atoms with van der Waals surface area (Å²) >= 11 is 4.21. The Morgan fingerprint density at radius 1 is 1.22 bits per heavy atom. The standard InChI is InChI=1S/C15H31NOS/c1-13(17)14(9-11-18)8-6-5-7-10-16-12-15(2,3)4/h14,16-18H,1,5-12H2,2-4H3/t14-/m1/s1. The van der Waals surface area contributed by atoms with Gasteiger partial charge < -0.3 is 10.4 Å². The fraction of sp³-hybridized carbons (Fsp3) is 0.867. The lowest BCUT2D eigenvalue weighted by Crippen LogP contribution is -2.27. The smallest absolute Gasteiger partial charge is 0.0882 e. The zero-order valence-corrected chi connectivity index (χ0v) is 13.2. The van der Waals surface area contributed by atoms with Crippen LogP contribution < -0.4 is 5.32 Å². The number of hydrogen-bond acceptors (Lipinski definition) is 3. The Hall–Kier alpha value is -0.150. The third kappa shape index (κ3) is 11.0. The molecule has 1 atom stereocenters. The highest BCUT2D eigenvalue weighted by atomic mass is 32.1. The highest BCUT2D eigenvalue weighted by molar-refractivity contribution is 7.80. The molecule has 0 aromatic heterocycles. The second-order valence-electron chi connectivity index (χ2n) is 6.29. The monoisotopic (exact) mass is 273 g/mol. The predicted molar refractivity (Wildman–Crippen MR) is 84.5 cm³/mol. The molecule has 0 saturated heterocycles. The molecule has 0 aliphatic carbocycles. The second-order valence-corrected chi connectivity index (χ2v) is 6.73. The first-order valence-electron chi connectivity index (χ1n) is 7.06. The number of nitrogens with one attached hydrogen (secondary N) is 1. The van der Waals surface area contributed by atoms with Gasteiger partial charge in [-0.3, -0.25) is 0 Å². The van der Waals surface area contributed by atoms with E-state index >= 15 is 0 Å². The summed E-state index contributed by atoms with van der Waals surface area (Å²) in [7, 11) is 0. The van der Waals surface area contributed by atoms with Crippen LogP contribution in [0, 0.1) is 11.3 Å². The summed E-state index contributed by atoms with van der Waals surface area (Å²) in [4.78, 5) is 0. The molecule has 0 saturated carbocycles. The Labute approximate surface area is 119 Å². The lowest BCUT2D eigenvalue weighted by atomic mass is 9.96. The van der Waals surface area contributed by atoms with E-state index < -0.39 is 0 Å². The maximum absolute atomic E-state index is 9.43. The molecule has 0 aromatic rings. The summed E-state index contributed by atoms with van der Waals surface area (Å²) < 4.78 is 0. The van der Waals surface area contributed by atoms with Crippen LogP contribution in [-0.2, 0) is 0 Å². The van der Waals surface area contributed by atoms with Crippen molar-refractivity contribution in [3.8, 4) is 0 Å². The van der Waals surface area contributed by atoms with E-state index in [0.29, 0.717) is 11.2 Å². The maximum Gasteiger partial charge on any atom is 0.0882 e. The predicted octanol–water partition coefficient (Wildman–Crippen LogP) is 4.19. The second kappa shape index (κ2) is 9.74. The average molecular weight is 273 g/mol. The zero-order chi connectivity index (χ0) is 14.0. The van der Waals surface area contributed by atoms with Crippen LogP contribution in [0.5, 0.6) is 0 Å². The van der Waals surface area contributed by atoms with Crippen LogP contribution in [0.2, 0.25) is 0 Å². The Bertz CT molecular complexity index is 223. The average Bonchev–Trinajstić information content (AvgIpc) is 2.24. The lowest BCUT2D eigenvalue weighted by Gasteiger charge is -2.18. The molecule has 0 aliphatic rings. The minimum absolute atomic E-state index is 0.241. The first kappa shape index (κ1) is 17.8. The van der Waals surface area contributed by atoms with Crippen LogP contribution in [0.15, 0.2) is 12.3 Å². The third-order valence-electron chi connectivity index (χ3n) is 3.01. The van der Waals surface area contributed by atoms with Crippen molar-refractivity contribution in [2.45, 2.75) is 52.9 Å². The van der Waals surface area contributed by atoms with Crippen LogP contribution in [-0.4, -0.2) is 23.9 Å². The minimum atomic E-state index is 0.241. The number of unbranched alkanes of at least 4 members (excludes halogenated alkanes) is 2. The van der Waals surface area contributed by atoms with E-state index in [-0.39, 0.29) is 5.92 Å². The summed E-state index contributed by atoms with van der Waals surface area (Å²) in [6, 6.07) is 0. The summed E-state index contributed by atoms with van der Waals surface area (Å²) in [5, 5.41) is 12.9. The molecule has 0 amide bonds. The van der Waals surface area contributed by atoms with Gasteiger partial charge in [0.1, 0.15) is 0 Å². The molecular formula is C15H31NOS. The van der Waals surface area contributed by atoms with Crippen LogP contribution in [0.3, 0.4) is 0 Å². The van der Waals surface area contributed by atoms with Crippen LogP contribution in [0.25, 0.3) is 0 Å². The van der Waals surface area contributed by atoms with Crippen molar-refractivity contribution in [2.75, 3.05) is 18.8 Å². The molecule has 0 fully saturated rings. The molecular weight excluding hydrogens is 242 g/mol. The van der Waals surface area contributed by atoms with E-state index in [1.54, 1.807) is 0 Å². The molecule has 0 aromatic carbocycles. The van der Waals surface area contributed by atoms with Crippen molar-refractivity contribution in [1.82, 2.24) is 5.32 Å². The first-order chi connectivity index (χ1) is 8.37. The molecule has 0 spiro atoms. The summed E-state index contributed by atoms with van der Waals surface area (Å²) in [6.07, 6.45) is 5.56. The van der Waals surface area contributed by atoms with Gasteiger partial charge in [-0.1, -0.05) is 40.2 Å². The number of allylic oxidation sites excluding steroid dienone is 1. The summed E-state index contributed by atoms with van der Waals surface area (Å²) in [5.74, 6) is 1.39. The van der Waals surface area contributed by atoms with Crippen LogP contribution >= 0.6 is 12.6 Å². The van der Waals surface area contributed by atoms with Crippen molar-refractivity contribution in [1.29, 1.82) is 0 Å². The normalized spacial score (nSPS) is 13.6. The van der Waals surface area contributed by atoms with Gasteiger partial charge in [0.15, 0.2) is 0 Å². The molecule has 3 heteroatoms. The molecule has 18 heavy (non-hydrogen) atoms. The zero-order valence-electron chi connectivity index (χ0n) is 12.3. The fourth-order valence-corrected chi connectivity index (χ4v) is 2.23. The molecule has 0 radical (unpaired) electrons. The first-order valence-corrected chi connectivity index (χ1v) is 7.69. The van der Waals surface area contributed by atoms with E-state index in [1.807, 2.05) is 0 Å². The largest absolute Gasteiger partial charge is 0.513 e. The highest BCUT2D eigenvalue weighted by Gasteiger charge is 2.11. The lowest BCUT2D eigenvalue weighted by molar-refractivity contribution is 0.310. The third-order valence-corrected chi connectivity index (χ3v) is 3.27. The van der Waals surface area contributed by atoms with Gasteiger partial charge in [0.05, 0.1) is 5.76 Å². The number of thiol groups is 1. The van der Waals surface area contributed by atoms with Gasteiger partial charge in [-0.25, -0.2) is 0 Å². The highest BCUT2D eigenvalue weighted by Crippen LogP contribution is 2.19. The number of rotatable bonds is 10. The number of aliphatic hydroxyl groups excluding tert-OH is 1. The molecule has 0 bridgehead atoms. The van der Waals surface area contributed by atoms with Gasteiger partial charge in [-0.05, 0) is 43.5 Å². The molecule has 2 N–H and O–H groups in total. The van der Waals surface area contributed by atoms with Crippen molar-refractivity contribution < 1.29 is 5.11 Å². The Kier molecular flexibility index (Phi) is 9.66. The summed E-state index contributed by atoms with van der Waals surface area (Å²) in [5.41, 5.74) is 0.367. The van der Waals surface area contributed by atoms with E-state index in [9.17, 15) is 5.11 Å². The van der Waals surface area contributed by atoms with Gasteiger partial charge in [0.2, 0.25) is 0 Å². The quantitative estimate of drug-likeness (QED) is 0.317. The molecule has 108 valence electrons. The van der Waals surface area contributed by atoms with E-state index in [1.165, 1.54) is 12.8 Å². The van der Waals surface area contributed by atoms with Crippen molar-refractivity contribution in [2.24, 2.45) is 11.3 Å². The molecule has 0 aliphatic heterocycles. The van der Waals surface area contributed by atoms with Gasteiger partial charge in [-0.15, -0.1) is 0 Å². The van der Waals surface area contributed by atoms with Gasteiger partial charge >= 0.3 is 0 Å². The topological polar surface area (TPSA) is 32.3 Å². The molecule has 0 unspecified atom stereocenters. The number of hydrogen-bond donors (Lipinski definition) is 3. The Morgan fingerprint density at radius 2 is 1.89 bits per heavy atom. The molecule has 2 nitrogen and oxygen atoms in total. The molecule has 0 heterocycles. The van der Waals surface area contributed by atoms with Crippen LogP contribution in [0.4, 0.5) is 0 Å². The Morgan fingerprint density at radius 3 is 2.39 bits per heavy atom. The van der Waals surface area contributed by atoms with Crippen molar-refractivity contribution >= 4 is 12.6 Å². The van der Waals surface area contributed by atoms with Gasteiger partial charge in [-0.2, -0.15) is 12.6 Å². The summed E-state index contributed by atoms with van der Waals surface area (Å²) in [6.45, 7) is 12.5. The minimum Gasteiger partial charge on any atom is -0.513 e. The number of aliphatic hydroxyl groups is 1. The van der Waals surface area contributed by atoms with Crippen molar-refractivity contribution in [3.63, 3.8) is 0 Å². The SMILES string of the molecule is C=C(O)[C@@H](CCS)CCCCCNCC(C)(C)C. The van der Waals surface area contributed by atoms with Crippen LogP contribution in [0.1, 0.15) is 52.9 Å². The fourth-order valence-electron chi connectivity index (χ4n) is 1.91. The van der Waals surface area contributed by atoms with E-state index in [4.69, 9.17) is 0 Å².